The third-order valence-corrected chi connectivity index (χ3v) is 3.87. The van der Waals surface area contributed by atoms with Crippen molar-refractivity contribution < 1.29 is 99.6 Å². The van der Waals surface area contributed by atoms with Gasteiger partial charge in [-0.2, -0.15) is 17.6 Å². The van der Waals surface area contributed by atoms with Gasteiger partial charge in [-0.05, 0) is 0 Å². The predicted molar refractivity (Wildman–Crippen MR) is 59.9 cm³/mol. The molecular weight excluding hydrogens is 470 g/mol. The van der Waals surface area contributed by atoms with E-state index in [1.54, 1.807) is 0 Å². The van der Waals surface area contributed by atoms with Crippen LogP contribution in [0.1, 0.15) is 0 Å². The van der Waals surface area contributed by atoms with E-state index in [1.165, 1.54) is 0 Å². The van der Waals surface area contributed by atoms with Crippen LogP contribution in [0.3, 0.4) is 0 Å². The Kier molecular flexibility index (Phi) is 11.2. The van der Waals surface area contributed by atoms with Gasteiger partial charge in [0.2, 0.25) is 6.17 Å². The number of hydrogen-bond acceptors (Lipinski definition) is 3. The molecule has 0 aliphatic rings. The van der Waals surface area contributed by atoms with Crippen LogP contribution in [0.25, 0.3) is 0 Å². The van der Waals surface area contributed by atoms with Crippen LogP contribution in [0.15, 0.2) is 0 Å². The van der Waals surface area contributed by atoms with Crippen LogP contribution < -0.4 is 29.6 Å². The molecule has 0 N–H and O–H groups in total. The molecule has 0 fully saturated rings. The molecule has 18 heteroatoms. The minimum atomic E-state index is -6.87. The zero-order valence-corrected chi connectivity index (χ0v) is 16.0. The van der Waals surface area contributed by atoms with E-state index in [2.05, 4.69) is 0 Å². The van der Waals surface area contributed by atoms with Gasteiger partial charge < -0.3 is 4.55 Å². The van der Waals surface area contributed by atoms with Crippen molar-refractivity contribution >= 4 is 10.1 Å². The molecule has 0 aromatic heterocycles. The fourth-order valence-corrected chi connectivity index (χ4v) is 2.06. The molecule has 0 aromatic carbocycles. The molecule has 0 aromatic rings. The number of alkyl halides is 13. The molecule has 164 valence electrons. The van der Waals surface area contributed by atoms with Gasteiger partial charge >= 0.3 is 41.4 Å². The summed E-state index contributed by atoms with van der Waals surface area (Å²) in [7, 11) is -6.87. The molecule has 0 saturated carbocycles. The summed E-state index contributed by atoms with van der Waals surface area (Å²) in [6.07, 6.45) is -31.8. The average Bonchev–Trinajstić information content (AvgIpc) is 2.55. The van der Waals surface area contributed by atoms with Crippen LogP contribution in [0, 0.1) is 0 Å². The van der Waals surface area contributed by atoms with E-state index in [9.17, 15) is 70.0 Å². The smallest absolute Gasteiger partial charge is 0.746 e. The first-order valence-corrected chi connectivity index (χ1v) is 7.75. The number of rotatable bonds is 10. The van der Waals surface area contributed by atoms with Crippen molar-refractivity contribution in [3.8, 4) is 0 Å². The molecule has 0 bridgehead atoms. The summed E-state index contributed by atoms with van der Waals surface area (Å²) < 4.78 is 197. The van der Waals surface area contributed by atoms with Crippen LogP contribution in [0.5, 0.6) is 0 Å². The quantitative estimate of drug-likeness (QED) is 0.260. The molecule has 7 atom stereocenters. The van der Waals surface area contributed by atoms with E-state index in [0.717, 1.165) is 0 Å². The summed E-state index contributed by atoms with van der Waals surface area (Å²) in [4.78, 5) is 0. The van der Waals surface area contributed by atoms with Gasteiger partial charge in [-0.15, -0.1) is 0 Å². The van der Waals surface area contributed by atoms with Crippen molar-refractivity contribution in [1.29, 1.82) is 0 Å². The first-order chi connectivity index (χ1) is 11.8. The van der Waals surface area contributed by atoms with Crippen molar-refractivity contribution in [3.05, 3.63) is 0 Å². The second-order valence-corrected chi connectivity index (χ2v) is 6.41. The van der Waals surface area contributed by atoms with E-state index in [1.807, 2.05) is 0 Å². The van der Waals surface area contributed by atoms with Crippen molar-refractivity contribution in [2.45, 2.75) is 60.8 Å². The van der Waals surface area contributed by atoms with Crippen molar-refractivity contribution in [2.24, 2.45) is 0 Å². The van der Waals surface area contributed by atoms with Crippen molar-refractivity contribution in [2.75, 3.05) is 0 Å². The Morgan fingerprint density at radius 2 is 0.929 bits per heavy atom. The molecule has 0 aliphatic carbocycles. The first-order valence-electron chi connectivity index (χ1n) is 6.28. The zero-order chi connectivity index (χ0) is 22.1. The van der Waals surface area contributed by atoms with Gasteiger partial charge in [0.25, 0.3) is 11.9 Å². The van der Waals surface area contributed by atoms with E-state index >= 15 is 0 Å². The molecule has 0 rings (SSSR count). The molecule has 28 heavy (non-hydrogen) atoms. The minimum absolute atomic E-state index is 0. The van der Waals surface area contributed by atoms with Gasteiger partial charge in [0.05, 0.1) is 0 Å². The summed E-state index contributed by atoms with van der Waals surface area (Å²) in [5, 5.41) is 0. The normalized spacial score (nSPS) is 21.2. The molecule has 0 radical (unpaired) electrons. The van der Waals surface area contributed by atoms with E-state index in [0.29, 0.717) is 0 Å². The van der Waals surface area contributed by atoms with Crippen LogP contribution in [-0.4, -0.2) is 73.8 Å². The van der Waals surface area contributed by atoms with Gasteiger partial charge in [-0.25, -0.2) is 47.9 Å². The predicted octanol–water partition coefficient (Wildman–Crippen LogP) is 0.396. The molecule has 0 spiro atoms. The largest absolute Gasteiger partial charge is 1.00 e. The fraction of sp³-hybridized carbons (Fsp3) is 1.00. The Bertz CT molecular complexity index is 591. The van der Waals surface area contributed by atoms with Gasteiger partial charge in [0.15, 0.2) is 30.9 Å². The van der Waals surface area contributed by atoms with Gasteiger partial charge in [0, 0.05) is 0 Å². The maximum atomic E-state index is 13.2. The minimum Gasteiger partial charge on any atom is -0.746 e. The summed E-state index contributed by atoms with van der Waals surface area (Å²) in [5.74, 6) is -13.6. The third kappa shape index (κ3) is 6.25. The maximum absolute atomic E-state index is 13.2. The zero-order valence-electron chi connectivity index (χ0n) is 13.2. The van der Waals surface area contributed by atoms with Crippen LogP contribution in [-0.2, 0) is 10.1 Å². The molecule has 0 aliphatic heterocycles. The Balaban J connectivity index is 0. The number of hydrogen-bond donors (Lipinski definition) is 0. The Morgan fingerprint density at radius 3 is 1.25 bits per heavy atom. The van der Waals surface area contributed by atoms with E-state index < -0.39 is 70.9 Å². The van der Waals surface area contributed by atoms with Crippen LogP contribution >= 0.6 is 0 Å². The summed E-state index contributed by atoms with van der Waals surface area (Å²) >= 11 is 0. The first kappa shape index (κ1) is 30.2. The fourth-order valence-electron chi connectivity index (χ4n) is 1.54. The molecule has 3 nitrogen and oxygen atoms in total. The third-order valence-electron chi connectivity index (χ3n) is 3.07. The van der Waals surface area contributed by atoms with Crippen LogP contribution in [0.4, 0.5) is 57.1 Å². The molecule has 7 unspecified atom stereocenters. The molecule has 0 heterocycles. The van der Waals surface area contributed by atoms with Gasteiger partial charge in [0.1, 0.15) is 10.1 Å². The second kappa shape index (κ2) is 10.3. The maximum Gasteiger partial charge on any atom is 1.00 e. The average molecular weight is 478 g/mol. The summed E-state index contributed by atoms with van der Waals surface area (Å²) in [5.41, 5.74) is -5.35. The Labute approximate surface area is 170 Å². The Hall–Kier alpha value is -0.000000000000000444. The van der Waals surface area contributed by atoms with Gasteiger partial charge in [-0.3, -0.25) is 0 Å². The monoisotopic (exact) mass is 478 g/mol. The SMILES string of the molecule is O=S(=O)([O-])C(F)C(F)(F)C(F)(F)C(F)C(F)C(F)C(F)C(F)C(F)C(F)F.[Na+]. The van der Waals surface area contributed by atoms with E-state index in [4.69, 9.17) is 0 Å². The second-order valence-electron chi connectivity index (χ2n) is 5.01. The molecular formula is C10H8F13NaO3S. The standard InChI is InChI=1S/C10H9F13O3S.Na/c11-1(3(13)5(15)7(17)18)2(12)4(14)6(16)9(20,21)10(22,23)8(19)27(24,25)26;/h1-8H,(H,24,25,26);/q;+1/p-1. The summed E-state index contributed by atoms with van der Waals surface area (Å²) in [6.45, 7) is 0. The Morgan fingerprint density at radius 1 is 0.607 bits per heavy atom. The molecule has 0 amide bonds. The van der Waals surface area contributed by atoms with E-state index in [-0.39, 0.29) is 29.6 Å². The molecule has 0 saturated heterocycles. The van der Waals surface area contributed by atoms with Gasteiger partial charge in [-0.1, -0.05) is 0 Å². The summed E-state index contributed by atoms with van der Waals surface area (Å²) in [6, 6.07) is 0. The topological polar surface area (TPSA) is 57.2 Å². The number of halogens is 13. The van der Waals surface area contributed by atoms with Crippen molar-refractivity contribution in [1.82, 2.24) is 0 Å². The van der Waals surface area contributed by atoms with Crippen LogP contribution in [0.2, 0.25) is 0 Å². The van der Waals surface area contributed by atoms with Crippen molar-refractivity contribution in [3.63, 3.8) is 0 Å².